The predicted molar refractivity (Wildman–Crippen MR) is 119 cm³/mol. The lowest BCUT2D eigenvalue weighted by atomic mass is 9.41. The average Bonchev–Trinajstić information content (AvgIpc) is 2.69. The van der Waals surface area contributed by atoms with E-state index in [1.165, 1.54) is 0 Å². The van der Waals surface area contributed by atoms with Gasteiger partial charge in [-0.15, -0.1) is 6.58 Å². The molecule has 0 spiro atoms. The molecular weight excluding hydrogens is 414 g/mol. The molecule has 2 saturated carbocycles. The summed E-state index contributed by atoms with van der Waals surface area (Å²) in [7, 11) is 0. The number of alkyl carbamates (subject to hydrolysis) is 1. The Morgan fingerprint density at radius 1 is 1.25 bits per heavy atom. The second-order valence-corrected chi connectivity index (χ2v) is 10.7. The first-order valence-corrected chi connectivity index (χ1v) is 11.6. The summed E-state index contributed by atoms with van der Waals surface area (Å²) >= 11 is 0. The van der Waals surface area contributed by atoms with Gasteiger partial charge in [0, 0.05) is 31.9 Å². The first-order valence-electron chi connectivity index (χ1n) is 11.6. The van der Waals surface area contributed by atoms with E-state index < -0.39 is 52.0 Å². The van der Waals surface area contributed by atoms with Gasteiger partial charge in [0.05, 0.1) is 11.5 Å². The van der Waals surface area contributed by atoms with Crippen LogP contribution in [0.4, 0.5) is 4.79 Å². The topological polar surface area (TPSA) is 136 Å². The van der Waals surface area contributed by atoms with Crippen molar-refractivity contribution in [2.75, 3.05) is 13.2 Å². The van der Waals surface area contributed by atoms with Crippen molar-refractivity contribution in [3.63, 3.8) is 0 Å². The lowest BCUT2D eigenvalue weighted by Crippen LogP contribution is -2.78. The lowest BCUT2D eigenvalue weighted by Gasteiger charge is -2.67. The smallest absolute Gasteiger partial charge is 0.409 e. The summed E-state index contributed by atoms with van der Waals surface area (Å²) in [5.41, 5.74) is -4.23. The van der Waals surface area contributed by atoms with Crippen LogP contribution in [0.2, 0.25) is 0 Å². The van der Waals surface area contributed by atoms with Gasteiger partial charge in [-0.25, -0.2) is 4.79 Å². The maximum atomic E-state index is 13.6. The highest BCUT2D eigenvalue weighted by Crippen LogP contribution is 2.66. The Hall–Kier alpha value is -1.48. The monoisotopic (exact) mass is 455 g/mol. The number of amides is 1. The Bertz CT molecular complexity index is 725. The number of hydrogen-bond acceptors (Lipinski definition) is 7. The fourth-order valence-corrected chi connectivity index (χ4v) is 6.26. The van der Waals surface area contributed by atoms with Crippen LogP contribution in [-0.4, -0.2) is 62.9 Å². The third-order valence-electron chi connectivity index (χ3n) is 8.07. The Labute approximate surface area is 191 Å². The molecule has 2 aliphatic carbocycles. The van der Waals surface area contributed by atoms with Crippen molar-refractivity contribution in [3.8, 4) is 0 Å². The van der Waals surface area contributed by atoms with Gasteiger partial charge in [-0.05, 0) is 43.4 Å². The quantitative estimate of drug-likeness (QED) is 0.215. The normalized spacial score (nSPS) is 39.5. The highest BCUT2D eigenvalue weighted by molar-refractivity contribution is 5.89. The average molecular weight is 456 g/mol. The van der Waals surface area contributed by atoms with Crippen molar-refractivity contribution >= 4 is 11.9 Å². The molecule has 0 heterocycles. The van der Waals surface area contributed by atoms with E-state index in [1.807, 2.05) is 20.8 Å². The molecule has 0 radical (unpaired) electrons. The van der Waals surface area contributed by atoms with Crippen molar-refractivity contribution < 1.29 is 34.8 Å². The fraction of sp³-hybridized carbons (Fsp3) is 0.833. The molecule has 184 valence electrons. The van der Waals surface area contributed by atoms with Gasteiger partial charge in [0.1, 0.15) is 5.60 Å². The molecular formula is C24H41NO7. The Morgan fingerprint density at radius 2 is 1.88 bits per heavy atom. The molecule has 0 bridgehead atoms. The van der Waals surface area contributed by atoms with Crippen molar-refractivity contribution in [1.82, 2.24) is 5.32 Å². The second-order valence-electron chi connectivity index (χ2n) is 10.7. The number of ketones is 1. The molecule has 0 aromatic heterocycles. The van der Waals surface area contributed by atoms with Crippen LogP contribution in [0.1, 0.15) is 66.7 Å². The highest BCUT2D eigenvalue weighted by Gasteiger charge is 2.76. The molecule has 0 aromatic rings. The third-order valence-corrected chi connectivity index (χ3v) is 8.07. The molecule has 2 fully saturated rings. The van der Waals surface area contributed by atoms with Gasteiger partial charge in [0.15, 0.2) is 5.78 Å². The number of aliphatic hydroxyl groups excluding tert-OH is 2. The van der Waals surface area contributed by atoms with E-state index in [9.17, 15) is 24.9 Å². The standard InChI is InChI=1S/C24H41NO7/c1-7-15(2)13-18(28)24(31)16(3)14-17(27)19-21(4,5)9-10-23(30,22(19,24)6)32-20(29)25-11-8-12-26/h7,15-17,19,26-27,30-31H,1,8-14H2,2-6H3,(H,25,29)/t15-,16+,17+,19+,22-,23+,24-/m1/s1. The van der Waals surface area contributed by atoms with E-state index in [4.69, 9.17) is 9.84 Å². The van der Waals surface area contributed by atoms with E-state index in [2.05, 4.69) is 11.9 Å². The first-order chi connectivity index (χ1) is 14.7. The molecule has 0 saturated heterocycles. The molecule has 0 aromatic carbocycles. The molecule has 5 N–H and O–H groups in total. The zero-order chi connectivity index (χ0) is 24.5. The predicted octanol–water partition coefficient (Wildman–Crippen LogP) is 2.14. The van der Waals surface area contributed by atoms with Crippen molar-refractivity contribution in [3.05, 3.63) is 12.7 Å². The summed E-state index contributed by atoms with van der Waals surface area (Å²) in [4.78, 5) is 26.1. The number of fused-ring (bicyclic) bond motifs is 1. The SMILES string of the molecule is C=C[C@@H](C)CC(=O)[C@]1(O)[C@@H](C)C[C@H](O)[C@H]2C(C)(C)CC[C@](O)(OC(=O)NCCCO)[C@@]21C. The molecule has 2 aliphatic rings. The number of carbonyl (C=O) groups excluding carboxylic acids is 2. The van der Waals surface area contributed by atoms with Crippen LogP contribution in [0.5, 0.6) is 0 Å². The molecule has 1 amide bonds. The molecule has 32 heavy (non-hydrogen) atoms. The zero-order valence-electron chi connectivity index (χ0n) is 20.1. The molecule has 0 aliphatic heterocycles. The molecule has 2 rings (SSSR count). The summed E-state index contributed by atoms with van der Waals surface area (Å²) in [6.07, 6.45) is 0.780. The molecule has 8 nitrogen and oxygen atoms in total. The van der Waals surface area contributed by atoms with E-state index in [-0.39, 0.29) is 38.3 Å². The second kappa shape index (κ2) is 9.41. The molecule has 8 heteroatoms. The van der Waals surface area contributed by atoms with Gasteiger partial charge in [-0.1, -0.05) is 33.8 Å². The van der Waals surface area contributed by atoms with Crippen LogP contribution in [0.25, 0.3) is 0 Å². The van der Waals surface area contributed by atoms with Crippen LogP contribution in [0.3, 0.4) is 0 Å². The third kappa shape index (κ3) is 4.22. The first kappa shape index (κ1) is 26.8. The van der Waals surface area contributed by atoms with Gasteiger partial charge in [-0.3, -0.25) is 4.79 Å². The minimum absolute atomic E-state index is 0.00641. The van der Waals surface area contributed by atoms with E-state index >= 15 is 0 Å². The van der Waals surface area contributed by atoms with Crippen LogP contribution in [-0.2, 0) is 9.53 Å². The zero-order valence-corrected chi connectivity index (χ0v) is 20.1. The summed E-state index contributed by atoms with van der Waals surface area (Å²) in [6.45, 7) is 12.7. The maximum absolute atomic E-state index is 13.6. The summed E-state index contributed by atoms with van der Waals surface area (Å²) < 4.78 is 5.55. The fourth-order valence-electron chi connectivity index (χ4n) is 6.26. The number of Topliss-reactive ketones (excluding diaryl/α,β-unsaturated/α-hetero) is 1. The van der Waals surface area contributed by atoms with Crippen LogP contribution in [0.15, 0.2) is 12.7 Å². The van der Waals surface area contributed by atoms with Gasteiger partial charge in [0.2, 0.25) is 5.79 Å². The van der Waals surface area contributed by atoms with Crippen molar-refractivity contribution in [1.29, 1.82) is 0 Å². The van der Waals surface area contributed by atoms with Gasteiger partial charge in [-0.2, -0.15) is 0 Å². The van der Waals surface area contributed by atoms with E-state index in [0.29, 0.717) is 12.8 Å². The van der Waals surface area contributed by atoms with Crippen LogP contribution < -0.4 is 5.32 Å². The van der Waals surface area contributed by atoms with E-state index in [1.54, 1.807) is 19.9 Å². The highest BCUT2D eigenvalue weighted by atomic mass is 16.7. The summed E-state index contributed by atoms with van der Waals surface area (Å²) in [6, 6.07) is 0. The van der Waals surface area contributed by atoms with Gasteiger partial charge in [0.25, 0.3) is 0 Å². The number of nitrogens with one attached hydrogen (secondary N) is 1. The number of hydrogen-bond donors (Lipinski definition) is 5. The van der Waals surface area contributed by atoms with E-state index in [0.717, 1.165) is 0 Å². The molecule has 0 unspecified atom stereocenters. The largest absolute Gasteiger partial charge is 0.416 e. The Kier molecular flexibility index (Phi) is 7.87. The Balaban J connectivity index is 2.60. The van der Waals surface area contributed by atoms with Crippen LogP contribution in [0, 0.1) is 28.6 Å². The van der Waals surface area contributed by atoms with Crippen LogP contribution >= 0.6 is 0 Å². The van der Waals surface area contributed by atoms with Gasteiger partial charge < -0.3 is 30.5 Å². The number of ether oxygens (including phenoxy) is 1. The summed E-state index contributed by atoms with van der Waals surface area (Å²) in [5.74, 6) is -4.22. The number of allylic oxidation sites excluding steroid dienone is 1. The Morgan fingerprint density at radius 3 is 2.44 bits per heavy atom. The maximum Gasteiger partial charge on any atom is 0.409 e. The molecule has 7 atom stereocenters. The number of aliphatic hydroxyl groups is 4. The van der Waals surface area contributed by atoms with Gasteiger partial charge >= 0.3 is 6.09 Å². The summed E-state index contributed by atoms with van der Waals surface area (Å²) in [5, 5.41) is 46.5. The van der Waals surface area contributed by atoms with Crippen molar-refractivity contribution in [2.24, 2.45) is 28.6 Å². The minimum atomic E-state index is -2.19. The minimum Gasteiger partial charge on any atom is -0.416 e. The number of carbonyl (C=O) groups is 2. The number of rotatable bonds is 8. The van der Waals surface area contributed by atoms with Crippen molar-refractivity contribution in [2.45, 2.75) is 84.2 Å². The lowest BCUT2D eigenvalue weighted by molar-refractivity contribution is -0.361.